The van der Waals surface area contributed by atoms with Crippen molar-refractivity contribution in [3.8, 4) is 0 Å². The molecule has 6 nitrogen and oxygen atoms in total. The van der Waals surface area contributed by atoms with E-state index in [1.165, 1.54) is 22.6 Å². The smallest absolute Gasteiger partial charge is 0.247 e. The molecule has 1 saturated heterocycles. The summed E-state index contributed by atoms with van der Waals surface area (Å²) in [4.78, 5) is 16.0. The van der Waals surface area contributed by atoms with Crippen LogP contribution in [0.25, 0.3) is 0 Å². The Balaban J connectivity index is 2.07. The van der Waals surface area contributed by atoms with Crippen LogP contribution in [0.3, 0.4) is 0 Å². The van der Waals surface area contributed by atoms with Gasteiger partial charge in [0.05, 0.1) is 4.90 Å². The number of aromatic amines is 1. The quantitative estimate of drug-likeness (QED) is 0.875. The molecule has 7 heteroatoms. The van der Waals surface area contributed by atoms with E-state index in [-0.39, 0.29) is 10.5 Å². The van der Waals surface area contributed by atoms with E-state index in [1.54, 1.807) is 0 Å². The fourth-order valence-corrected chi connectivity index (χ4v) is 4.33. The van der Waals surface area contributed by atoms with E-state index in [1.807, 2.05) is 0 Å². The molecule has 0 bridgehead atoms. The molecule has 0 unspecified atom stereocenters. The van der Waals surface area contributed by atoms with Crippen LogP contribution in [0.4, 0.5) is 0 Å². The lowest BCUT2D eigenvalue weighted by Gasteiger charge is -2.37. The van der Waals surface area contributed by atoms with Gasteiger partial charge < -0.3 is 9.88 Å². The molecule has 1 aliphatic rings. The van der Waals surface area contributed by atoms with Gasteiger partial charge in [0.15, 0.2) is 0 Å². The van der Waals surface area contributed by atoms with Crippen molar-refractivity contribution in [2.45, 2.75) is 37.6 Å². The van der Waals surface area contributed by atoms with Crippen LogP contribution in [0.2, 0.25) is 0 Å². The van der Waals surface area contributed by atoms with Crippen LogP contribution in [0, 0.1) is 0 Å². The molecule has 2 rings (SSSR count). The molecule has 21 heavy (non-hydrogen) atoms. The minimum atomic E-state index is -3.50. The van der Waals surface area contributed by atoms with Gasteiger partial charge in [-0.05, 0) is 32.0 Å². The normalized spacial score (nSPS) is 18.2. The summed E-state index contributed by atoms with van der Waals surface area (Å²) in [7, 11) is -3.50. The SMILES string of the molecule is CCN(CC)C1CCN(S(=O)(=O)c2ccc(=O)[nH]c2)CC1. The summed E-state index contributed by atoms with van der Waals surface area (Å²) in [6.45, 7) is 7.31. The molecule has 0 radical (unpaired) electrons. The zero-order valence-electron chi connectivity index (χ0n) is 12.6. The van der Waals surface area contributed by atoms with Crippen LogP contribution in [-0.2, 0) is 10.0 Å². The monoisotopic (exact) mass is 313 g/mol. The fourth-order valence-electron chi connectivity index (χ4n) is 2.89. The Kier molecular flexibility index (Phi) is 5.18. The molecule has 2 heterocycles. The second kappa shape index (κ2) is 6.72. The van der Waals surface area contributed by atoms with Crippen LogP contribution >= 0.6 is 0 Å². The number of aromatic nitrogens is 1. The second-order valence-electron chi connectivity index (χ2n) is 5.25. The summed E-state index contributed by atoms with van der Waals surface area (Å²) in [6, 6.07) is 3.07. The van der Waals surface area contributed by atoms with Crippen molar-refractivity contribution in [3.05, 3.63) is 28.7 Å². The lowest BCUT2D eigenvalue weighted by Crippen LogP contribution is -2.46. The number of hydrogen-bond acceptors (Lipinski definition) is 4. The highest BCUT2D eigenvalue weighted by atomic mass is 32.2. The lowest BCUT2D eigenvalue weighted by atomic mass is 10.1. The summed E-state index contributed by atoms with van der Waals surface area (Å²) < 4.78 is 26.5. The number of pyridine rings is 1. The number of sulfonamides is 1. The number of hydrogen-bond donors (Lipinski definition) is 1. The summed E-state index contributed by atoms with van der Waals surface area (Å²) in [5.41, 5.74) is -0.297. The first kappa shape index (κ1) is 16.2. The third-order valence-electron chi connectivity index (χ3n) is 4.15. The molecule has 0 aromatic carbocycles. The predicted molar refractivity (Wildman–Crippen MR) is 81.8 cm³/mol. The van der Waals surface area contributed by atoms with Crippen LogP contribution in [-0.4, -0.2) is 54.8 Å². The van der Waals surface area contributed by atoms with Crippen molar-refractivity contribution in [3.63, 3.8) is 0 Å². The van der Waals surface area contributed by atoms with Gasteiger partial charge in [-0.1, -0.05) is 13.8 Å². The Hall–Kier alpha value is -1.18. The first-order valence-corrected chi connectivity index (χ1v) is 8.86. The zero-order valence-corrected chi connectivity index (χ0v) is 13.4. The van der Waals surface area contributed by atoms with Gasteiger partial charge in [0.2, 0.25) is 15.6 Å². The molecule has 1 aromatic rings. The molecule has 0 spiro atoms. The number of H-pyrrole nitrogens is 1. The molecular weight excluding hydrogens is 290 g/mol. The maximum Gasteiger partial charge on any atom is 0.247 e. The van der Waals surface area contributed by atoms with Crippen molar-refractivity contribution in [2.75, 3.05) is 26.2 Å². The maximum absolute atomic E-state index is 12.5. The molecule has 0 saturated carbocycles. The third-order valence-corrected chi connectivity index (χ3v) is 6.04. The average Bonchev–Trinajstić information content (AvgIpc) is 2.49. The Labute approximate surface area is 125 Å². The molecule has 118 valence electrons. The molecule has 1 aromatic heterocycles. The van der Waals surface area contributed by atoms with Gasteiger partial charge in [0, 0.05) is 31.4 Å². The molecule has 1 N–H and O–H groups in total. The molecule has 0 aliphatic carbocycles. The van der Waals surface area contributed by atoms with Crippen molar-refractivity contribution in [2.24, 2.45) is 0 Å². The van der Waals surface area contributed by atoms with E-state index >= 15 is 0 Å². The summed E-state index contributed by atoms with van der Waals surface area (Å²) in [6.07, 6.45) is 2.97. The minimum Gasteiger partial charge on any atom is -0.328 e. The minimum absolute atomic E-state index is 0.156. The highest BCUT2D eigenvalue weighted by molar-refractivity contribution is 7.89. The van der Waals surface area contributed by atoms with Gasteiger partial charge in [0.1, 0.15) is 0 Å². The number of piperidine rings is 1. The van der Waals surface area contributed by atoms with Gasteiger partial charge in [0.25, 0.3) is 0 Å². The summed E-state index contributed by atoms with van der Waals surface area (Å²) >= 11 is 0. The van der Waals surface area contributed by atoms with Crippen LogP contribution in [0.1, 0.15) is 26.7 Å². The van der Waals surface area contributed by atoms with E-state index in [0.717, 1.165) is 25.9 Å². The van der Waals surface area contributed by atoms with E-state index in [9.17, 15) is 13.2 Å². The molecular formula is C14H23N3O3S. The molecule has 0 atom stereocenters. The molecule has 0 amide bonds. The predicted octanol–water partition coefficient (Wildman–Crippen LogP) is 0.870. The largest absolute Gasteiger partial charge is 0.328 e. The molecule has 1 fully saturated rings. The highest BCUT2D eigenvalue weighted by Gasteiger charge is 2.30. The number of nitrogens with one attached hydrogen (secondary N) is 1. The van der Waals surface area contributed by atoms with E-state index in [0.29, 0.717) is 19.1 Å². The average molecular weight is 313 g/mol. The highest BCUT2D eigenvalue weighted by Crippen LogP contribution is 2.22. The topological polar surface area (TPSA) is 73.5 Å². The lowest BCUT2D eigenvalue weighted by molar-refractivity contribution is 0.152. The van der Waals surface area contributed by atoms with Crippen molar-refractivity contribution in [1.82, 2.24) is 14.2 Å². The summed E-state index contributed by atoms with van der Waals surface area (Å²) in [5.74, 6) is 0. The first-order valence-electron chi connectivity index (χ1n) is 7.42. The van der Waals surface area contributed by atoms with Crippen LogP contribution in [0.5, 0.6) is 0 Å². The maximum atomic E-state index is 12.5. The van der Waals surface area contributed by atoms with Gasteiger partial charge in [-0.3, -0.25) is 4.79 Å². The van der Waals surface area contributed by atoms with Gasteiger partial charge in [-0.2, -0.15) is 4.31 Å². The molecule has 1 aliphatic heterocycles. The zero-order chi connectivity index (χ0) is 15.5. The Morgan fingerprint density at radius 2 is 1.86 bits per heavy atom. The Bertz CT molecular complexity index is 594. The van der Waals surface area contributed by atoms with Crippen molar-refractivity contribution >= 4 is 10.0 Å². The number of nitrogens with zero attached hydrogens (tertiary/aromatic N) is 2. The first-order chi connectivity index (χ1) is 9.98. The Morgan fingerprint density at radius 3 is 2.33 bits per heavy atom. The van der Waals surface area contributed by atoms with Gasteiger partial charge in [-0.25, -0.2) is 8.42 Å². The number of rotatable bonds is 5. The van der Waals surface area contributed by atoms with E-state index in [2.05, 4.69) is 23.7 Å². The van der Waals surface area contributed by atoms with E-state index < -0.39 is 10.0 Å². The standard InChI is InChI=1S/C14H23N3O3S/c1-3-16(4-2)12-7-9-17(10-8-12)21(19,20)13-5-6-14(18)15-11-13/h5-6,11-12H,3-4,7-10H2,1-2H3,(H,15,18). The summed E-state index contributed by atoms with van der Waals surface area (Å²) in [5, 5.41) is 0. The van der Waals surface area contributed by atoms with Gasteiger partial charge >= 0.3 is 0 Å². The van der Waals surface area contributed by atoms with Gasteiger partial charge in [-0.15, -0.1) is 0 Å². The third kappa shape index (κ3) is 3.53. The van der Waals surface area contributed by atoms with Crippen LogP contribution < -0.4 is 5.56 Å². The Morgan fingerprint density at radius 1 is 1.24 bits per heavy atom. The van der Waals surface area contributed by atoms with Crippen molar-refractivity contribution in [1.29, 1.82) is 0 Å². The van der Waals surface area contributed by atoms with Crippen molar-refractivity contribution < 1.29 is 8.42 Å². The second-order valence-corrected chi connectivity index (χ2v) is 7.18. The fraction of sp³-hybridized carbons (Fsp3) is 0.643. The van der Waals surface area contributed by atoms with Crippen LogP contribution in [0.15, 0.2) is 28.0 Å². The van der Waals surface area contributed by atoms with E-state index in [4.69, 9.17) is 0 Å².